The quantitative estimate of drug-likeness (QED) is 0.922. The summed E-state index contributed by atoms with van der Waals surface area (Å²) in [4.78, 5) is 0. The third-order valence-electron chi connectivity index (χ3n) is 3.74. The Kier molecular flexibility index (Phi) is 5.45. The molecule has 0 saturated heterocycles. The standard InChI is InChI=1S/C15H19ClN2OS/c1-2-20(19)14-5-3-4-13(9-14)18-15-8-12(16)7-6-11(15)10-17/h6-8,13-14,18H,2-5,9H2,1H3. The molecule has 3 unspecified atom stereocenters. The third kappa shape index (κ3) is 3.74. The van der Waals surface area contributed by atoms with Crippen LogP contribution in [0.5, 0.6) is 0 Å². The van der Waals surface area contributed by atoms with Gasteiger partial charge in [-0.1, -0.05) is 24.9 Å². The van der Waals surface area contributed by atoms with Crippen molar-refractivity contribution < 1.29 is 4.21 Å². The van der Waals surface area contributed by atoms with Crippen molar-refractivity contribution in [1.82, 2.24) is 0 Å². The molecule has 1 fully saturated rings. The minimum Gasteiger partial charge on any atom is -0.381 e. The molecule has 3 nitrogen and oxygen atoms in total. The maximum absolute atomic E-state index is 12.0. The lowest BCUT2D eigenvalue weighted by Gasteiger charge is -2.30. The molecule has 1 aliphatic carbocycles. The summed E-state index contributed by atoms with van der Waals surface area (Å²) < 4.78 is 12.0. The number of halogens is 1. The normalized spacial score (nSPS) is 23.9. The molecule has 0 bridgehead atoms. The van der Waals surface area contributed by atoms with Gasteiger partial charge in [0.2, 0.25) is 0 Å². The van der Waals surface area contributed by atoms with Crippen molar-refractivity contribution in [2.24, 2.45) is 0 Å². The third-order valence-corrected chi connectivity index (χ3v) is 5.72. The van der Waals surface area contributed by atoms with Crippen molar-refractivity contribution in [3.8, 4) is 6.07 Å². The fourth-order valence-electron chi connectivity index (χ4n) is 2.70. The molecule has 1 aromatic rings. The molecule has 20 heavy (non-hydrogen) atoms. The topological polar surface area (TPSA) is 52.9 Å². The Morgan fingerprint density at radius 3 is 3.00 bits per heavy atom. The van der Waals surface area contributed by atoms with Gasteiger partial charge in [0.05, 0.1) is 11.3 Å². The monoisotopic (exact) mass is 310 g/mol. The lowest BCUT2D eigenvalue weighted by molar-refractivity contribution is 0.465. The van der Waals surface area contributed by atoms with Crippen molar-refractivity contribution >= 4 is 28.1 Å². The predicted octanol–water partition coefficient (Wildman–Crippen LogP) is 3.70. The van der Waals surface area contributed by atoms with E-state index >= 15 is 0 Å². The molecule has 1 N–H and O–H groups in total. The van der Waals surface area contributed by atoms with Crippen LogP contribution in [0.3, 0.4) is 0 Å². The maximum Gasteiger partial charge on any atom is 0.101 e. The van der Waals surface area contributed by atoms with Crippen LogP contribution in [0.2, 0.25) is 5.02 Å². The predicted molar refractivity (Wildman–Crippen MR) is 84.5 cm³/mol. The Bertz CT molecular complexity index is 541. The second-order valence-corrected chi connectivity index (χ2v) is 7.54. The van der Waals surface area contributed by atoms with Crippen LogP contribution in [-0.4, -0.2) is 21.3 Å². The molecule has 0 aliphatic heterocycles. The van der Waals surface area contributed by atoms with Crippen molar-refractivity contribution in [2.75, 3.05) is 11.1 Å². The summed E-state index contributed by atoms with van der Waals surface area (Å²) in [6.45, 7) is 1.97. The van der Waals surface area contributed by atoms with Gasteiger partial charge in [-0.25, -0.2) is 0 Å². The van der Waals surface area contributed by atoms with E-state index in [1.165, 1.54) is 0 Å². The van der Waals surface area contributed by atoms with Gasteiger partial charge in [0.1, 0.15) is 6.07 Å². The summed E-state index contributed by atoms with van der Waals surface area (Å²) in [7, 11) is -0.735. The largest absolute Gasteiger partial charge is 0.381 e. The van der Waals surface area contributed by atoms with E-state index in [0.29, 0.717) is 10.6 Å². The summed E-state index contributed by atoms with van der Waals surface area (Å²) in [6, 6.07) is 7.70. The van der Waals surface area contributed by atoms with Crippen molar-refractivity contribution in [3.05, 3.63) is 28.8 Å². The highest BCUT2D eigenvalue weighted by Crippen LogP contribution is 2.28. The molecule has 3 atom stereocenters. The van der Waals surface area contributed by atoms with Gasteiger partial charge in [-0.2, -0.15) is 5.26 Å². The summed E-state index contributed by atoms with van der Waals surface area (Å²) in [5.74, 6) is 0.720. The number of nitriles is 1. The number of rotatable bonds is 4. The Morgan fingerprint density at radius 1 is 1.50 bits per heavy atom. The number of anilines is 1. The van der Waals surface area contributed by atoms with E-state index < -0.39 is 10.8 Å². The van der Waals surface area contributed by atoms with Crippen LogP contribution in [0.25, 0.3) is 0 Å². The number of nitrogens with one attached hydrogen (secondary N) is 1. The first-order valence-electron chi connectivity index (χ1n) is 6.97. The van der Waals surface area contributed by atoms with Gasteiger partial charge >= 0.3 is 0 Å². The molecular weight excluding hydrogens is 292 g/mol. The fourth-order valence-corrected chi connectivity index (χ4v) is 4.22. The van der Waals surface area contributed by atoms with Crippen LogP contribution in [-0.2, 0) is 10.8 Å². The molecular formula is C15H19ClN2OS. The van der Waals surface area contributed by atoms with Crippen LogP contribution in [0.1, 0.15) is 38.2 Å². The second kappa shape index (κ2) is 7.10. The molecule has 0 heterocycles. The average Bonchev–Trinajstić information content (AvgIpc) is 2.47. The Morgan fingerprint density at radius 2 is 2.30 bits per heavy atom. The lowest BCUT2D eigenvalue weighted by Crippen LogP contribution is -2.33. The van der Waals surface area contributed by atoms with Crippen LogP contribution in [0.4, 0.5) is 5.69 Å². The minimum absolute atomic E-state index is 0.273. The van der Waals surface area contributed by atoms with E-state index in [4.69, 9.17) is 16.9 Å². The number of benzene rings is 1. The minimum atomic E-state index is -0.735. The zero-order chi connectivity index (χ0) is 14.5. The van der Waals surface area contributed by atoms with E-state index in [0.717, 1.165) is 37.1 Å². The molecule has 1 aliphatic rings. The summed E-state index contributed by atoms with van der Waals surface area (Å²) in [5, 5.41) is 13.4. The smallest absolute Gasteiger partial charge is 0.101 e. The van der Waals surface area contributed by atoms with Gasteiger partial charge in [-0.05, 0) is 37.5 Å². The van der Waals surface area contributed by atoms with Gasteiger partial charge in [0.15, 0.2) is 0 Å². The Hall–Kier alpha value is -1.05. The molecule has 0 aromatic heterocycles. The van der Waals surface area contributed by atoms with Crippen LogP contribution >= 0.6 is 11.6 Å². The number of hydrogen-bond acceptors (Lipinski definition) is 3. The van der Waals surface area contributed by atoms with E-state index in [1.54, 1.807) is 18.2 Å². The van der Waals surface area contributed by atoms with Crippen LogP contribution < -0.4 is 5.32 Å². The fraction of sp³-hybridized carbons (Fsp3) is 0.533. The first-order valence-corrected chi connectivity index (χ1v) is 8.73. The first-order chi connectivity index (χ1) is 9.63. The van der Waals surface area contributed by atoms with Crippen LogP contribution in [0, 0.1) is 11.3 Å². The first kappa shape index (κ1) is 15.3. The van der Waals surface area contributed by atoms with Gasteiger partial charge < -0.3 is 5.32 Å². The highest BCUT2D eigenvalue weighted by atomic mass is 35.5. The van der Waals surface area contributed by atoms with Crippen molar-refractivity contribution in [2.45, 2.75) is 43.9 Å². The zero-order valence-corrected chi connectivity index (χ0v) is 13.1. The van der Waals surface area contributed by atoms with Gasteiger partial charge in [-0.3, -0.25) is 4.21 Å². The Balaban J connectivity index is 2.08. The van der Waals surface area contributed by atoms with Crippen LogP contribution in [0.15, 0.2) is 18.2 Å². The molecule has 1 saturated carbocycles. The number of hydrogen-bond donors (Lipinski definition) is 1. The van der Waals surface area contributed by atoms with Gasteiger partial charge in [0, 0.05) is 32.9 Å². The SMILES string of the molecule is CCS(=O)C1CCCC(Nc2cc(Cl)ccc2C#N)C1. The molecule has 108 valence electrons. The molecule has 5 heteroatoms. The summed E-state index contributed by atoms with van der Waals surface area (Å²) in [6.07, 6.45) is 4.07. The van der Waals surface area contributed by atoms with E-state index in [-0.39, 0.29) is 11.3 Å². The molecule has 0 amide bonds. The molecule has 2 rings (SSSR count). The highest BCUT2D eigenvalue weighted by molar-refractivity contribution is 7.85. The van der Waals surface area contributed by atoms with Gasteiger partial charge in [-0.15, -0.1) is 0 Å². The van der Waals surface area contributed by atoms with E-state index in [9.17, 15) is 4.21 Å². The van der Waals surface area contributed by atoms with E-state index in [1.807, 2.05) is 6.92 Å². The molecule has 1 aromatic carbocycles. The summed E-state index contributed by atoms with van der Waals surface area (Å²) in [5.41, 5.74) is 1.39. The second-order valence-electron chi connectivity index (χ2n) is 5.10. The lowest BCUT2D eigenvalue weighted by atomic mass is 9.94. The van der Waals surface area contributed by atoms with Crippen molar-refractivity contribution in [3.63, 3.8) is 0 Å². The number of nitrogens with zero attached hydrogens (tertiary/aromatic N) is 1. The molecule has 0 radical (unpaired) electrons. The Labute approximate surface area is 127 Å². The average molecular weight is 311 g/mol. The summed E-state index contributed by atoms with van der Waals surface area (Å²) >= 11 is 6.00. The highest BCUT2D eigenvalue weighted by Gasteiger charge is 2.25. The van der Waals surface area contributed by atoms with Crippen molar-refractivity contribution in [1.29, 1.82) is 5.26 Å². The molecule has 0 spiro atoms. The van der Waals surface area contributed by atoms with E-state index in [2.05, 4.69) is 11.4 Å². The maximum atomic E-state index is 12.0. The van der Waals surface area contributed by atoms with Gasteiger partial charge in [0.25, 0.3) is 0 Å². The zero-order valence-electron chi connectivity index (χ0n) is 11.6.